The van der Waals surface area contributed by atoms with Gasteiger partial charge in [-0.3, -0.25) is 23.9 Å². The molecule has 11 rings (SSSR count). The summed E-state index contributed by atoms with van der Waals surface area (Å²) in [6.07, 6.45) is 0.873. The quantitative estimate of drug-likeness (QED) is 0.0550. The maximum absolute atomic E-state index is 13.7. The average molecular weight is 1250 g/mol. The highest BCUT2D eigenvalue weighted by molar-refractivity contribution is 6.01. The summed E-state index contributed by atoms with van der Waals surface area (Å²) in [5.41, 5.74) is 6.50. The first-order valence-corrected chi connectivity index (χ1v) is 31.6. The number of hydrogen-bond acceptors (Lipinski definition) is 18. The number of nitrogens with one attached hydrogen (secondary N) is 3. The molecule has 92 heavy (non-hydrogen) atoms. The van der Waals surface area contributed by atoms with E-state index in [1.165, 1.54) is 6.07 Å². The Hall–Kier alpha value is -9.72. The van der Waals surface area contributed by atoms with E-state index in [1.54, 1.807) is 62.9 Å². The van der Waals surface area contributed by atoms with Gasteiger partial charge in [0.2, 0.25) is 23.6 Å². The van der Waals surface area contributed by atoms with Crippen LogP contribution in [-0.2, 0) is 27.2 Å². The molecule has 0 radical (unpaired) electrons. The number of nitrogens with zero attached hydrogens (tertiary/aromatic N) is 12. The van der Waals surface area contributed by atoms with Gasteiger partial charge in [0.25, 0.3) is 11.8 Å². The maximum atomic E-state index is 13.7. The number of carbonyl (C=O) groups is 5. The predicted molar refractivity (Wildman–Crippen MR) is 347 cm³/mol. The van der Waals surface area contributed by atoms with Crippen molar-refractivity contribution in [1.29, 1.82) is 0 Å². The first-order chi connectivity index (χ1) is 44.6. The highest BCUT2D eigenvalue weighted by Gasteiger charge is 2.32. The van der Waals surface area contributed by atoms with Gasteiger partial charge in [-0.05, 0) is 135 Å². The van der Waals surface area contributed by atoms with E-state index in [9.17, 15) is 34.2 Å². The minimum atomic E-state index is -0.472. The highest BCUT2D eigenvalue weighted by atomic mass is 16.6. The Kier molecular flexibility index (Phi) is 20.2. The van der Waals surface area contributed by atoms with Gasteiger partial charge in [-0.25, -0.2) is 9.59 Å². The van der Waals surface area contributed by atoms with Crippen molar-refractivity contribution in [2.45, 2.75) is 72.4 Å². The van der Waals surface area contributed by atoms with Crippen LogP contribution in [0.25, 0.3) is 28.5 Å². The number of amides is 6. The molecule has 0 aliphatic carbocycles. The molecular weight excluding hydrogens is 1170 g/mol. The third kappa shape index (κ3) is 15.0. The highest BCUT2D eigenvalue weighted by Crippen LogP contribution is 2.39. The molecule has 4 saturated heterocycles. The summed E-state index contributed by atoms with van der Waals surface area (Å²) in [5, 5.41) is 38.5. The second-order valence-corrected chi connectivity index (χ2v) is 23.6. The minimum absolute atomic E-state index is 0.0114. The third-order valence-corrected chi connectivity index (χ3v) is 17.1. The van der Waals surface area contributed by atoms with Crippen LogP contribution < -0.4 is 30.5 Å². The molecule has 4 fully saturated rings. The van der Waals surface area contributed by atoms with E-state index in [-0.39, 0.29) is 53.3 Å². The number of aromatic hydroxyl groups is 2. The zero-order chi connectivity index (χ0) is 64.4. The Bertz CT molecular complexity index is 3730. The lowest BCUT2D eigenvalue weighted by Crippen LogP contribution is -2.49. The van der Waals surface area contributed by atoms with Crippen LogP contribution in [0.1, 0.15) is 89.7 Å². The topological polar surface area (TPSA) is 278 Å². The summed E-state index contributed by atoms with van der Waals surface area (Å²) in [7, 11) is 0. The molecule has 0 atom stereocenters. The van der Waals surface area contributed by atoms with Crippen molar-refractivity contribution < 1.29 is 48.4 Å². The molecule has 5 N–H and O–H groups in total. The van der Waals surface area contributed by atoms with Gasteiger partial charge in [-0.15, -0.1) is 10.2 Å². The van der Waals surface area contributed by atoms with E-state index >= 15 is 0 Å². The normalized spacial score (nSPS) is 15.7. The van der Waals surface area contributed by atoms with Crippen LogP contribution in [0.2, 0.25) is 0 Å². The largest absolute Gasteiger partial charge is 0.508 e. The summed E-state index contributed by atoms with van der Waals surface area (Å²) in [6, 6.07) is 29.6. The summed E-state index contributed by atoms with van der Waals surface area (Å²) in [6.45, 7) is 19.4. The molecular formula is C67H79N15O10. The second kappa shape index (κ2) is 29.1. The Morgan fingerprint density at radius 1 is 0.674 bits per heavy atom. The lowest BCUT2D eigenvalue weighted by Gasteiger charge is -2.37. The first-order valence-electron chi connectivity index (χ1n) is 31.6. The van der Waals surface area contributed by atoms with Gasteiger partial charge in [-0.1, -0.05) is 38.1 Å². The number of aryl methyl sites for hydroxylation is 1. The number of anilines is 4. The summed E-state index contributed by atoms with van der Waals surface area (Å²) in [4.78, 5) is 93.7. The van der Waals surface area contributed by atoms with Gasteiger partial charge in [0.05, 0.1) is 38.4 Å². The van der Waals surface area contributed by atoms with Crippen molar-refractivity contribution >= 4 is 53.1 Å². The van der Waals surface area contributed by atoms with Crippen LogP contribution in [0.3, 0.4) is 0 Å². The second-order valence-electron chi connectivity index (χ2n) is 23.6. The molecule has 2 aromatic heterocycles. The van der Waals surface area contributed by atoms with Crippen LogP contribution in [-0.4, -0.2) is 200 Å². The summed E-state index contributed by atoms with van der Waals surface area (Å²) in [5.74, 6) is 1.65. The number of rotatable bonds is 18. The number of morpholine rings is 2. The fourth-order valence-electron chi connectivity index (χ4n) is 11.9. The number of likely N-dealkylation sites (tertiary alicyclic amines) is 1. The van der Waals surface area contributed by atoms with Crippen molar-refractivity contribution in [1.82, 2.24) is 54.6 Å². The zero-order valence-corrected chi connectivity index (χ0v) is 52.6. The van der Waals surface area contributed by atoms with Crippen molar-refractivity contribution in [2.24, 2.45) is 0 Å². The number of urea groups is 1. The number of benzene rings is 5. The fourth-order valence-corrected chi connectivity index (χ4v) is 11.9. The number of phenols is 2. The van der Waals surface area contributed by atoms with Crippen LogP contribution in [0, 0.1) is 6.92 Å². The Morgan fingerprint density at radius 2 is 1.28 bits per heavy atom. The number of hydrogen-bond donors (Lipinski definition) is 5. The number of aromatic nitrogens is 6. The van der Waals surface area contributed by atoms with Crippen LogP contribution >= 0.6 is 0 Å². The van der Waals surface area contributed by atoms with Gasteiger partial charge in [0.1, 0.15) is 17.2 Å². The molecule has 0 saturated carbocycles. The van der Waals surface area contributed by atoms with Crippen molar-refractivity contribution in [3.05, 3.63) is 137 Å². The molecule has 0 spiro atoms. The molecule has 7 aromatic rings. The number of piperazine rings is 1. The Labute approximate surface area is 534 Å². The van der Waals surface area contributed by atoms with Gasteiger partial charge in [-0.2, -0.15) is 15.0 Å². The molecule has 4 aliphatic rings. The number of phenolic OH excluding ortho intramolecular Hbond substituents is 2. The third-order valence-electron chi connectivity index (χ3n) is 17.1. The van der Waals surface area contributed by atoms with E-state index in [4.69, 9.17) is 29.2 Å². The van der Waals surface area contributed by atoms with Crippen LogP contribution in [0.15, 0.2) is 103 Å². The smallest absolute Gasteiger partial charge is 0.415 e. The predicted octanol–water partition coefficient (Wildman–Crippen LogP) is 7.71. The van der Waals surface area contributed by atoms with Crippen molar-refractivity contribution in [3.63, 3.8) is 0 Å². The molecule has 25 nitrogen and oxygen atoms in total. The molecule has 25 heteroatoms. The molecule has 0 bridgehead atoms. The van der Waals surface area contributed by atoms with Gasteiger partial charge in [0, 0.05) is 125 Å². The maximum Gasteiger partial charge on any atom is 0.415 e. The Balaban J connectivity index is 0.616. The molecule has 4 aliphatic heterocycles. The Morgan fingerprint density at radius 3 is 1.87 bits per heavy atom. The molecule has 6 heterocycles. The van der Waals surface area contributed by atoms with E-state index in [0.717, 1.165) is 22.3 Å². The van der Waals surface area contributed by atoms with Crippen molar-refractivity contribution in [2.75, 3.05) is 125 Å². The number of piperidine rings is 1. The average Bonchev–Trinajstić information content (AvgIpc) is 1.59. The fraction of sp³-hybridized carbons (Fsp3) is 0.403. The summed E-state index contributed by atoms with van der Waals surface area (Å²) >= 11 is 0. The van der Waals surface area contributed by atoms with E-state index in [2.05, 4.69) is 40.8 Å². The SMILES string of the molecule is CCNC(=O)c1nnc(-c2cc(C(C)C)c(O)cc2O)n1-c1ccc(CN2CCN(C(=O)Cc3ccc(OC(=O)N(CC)C4CCN(C(=O)c5ccc(NC(=O)Nc6ccc(-c7nc(N8CCOCC8)nc(N8CCOCC8)n7)cc6)cc5)CC4)c(C)c3)CC2)cc1. The molecule has 5 aromatic carbocycles. The van der Waals surface area contributed by atoms with E-state index in [1.807, 2.05) is 88.0 Å². The van der Waals surface area contributed by atoms with Crippen LogP contribution in [0.5, 0.6) is 17.2 Å². The van der Waals surface area contributed by atoms with E-state index < -0.39 is 18.0 Å². The minimum Gasteiger partial charge on any atom is -0.508 e. The van der Waals surface area contributed by atoms with E-state index in [0.29, 0.717) is 182 Å². The molecule has 6 amide bonds. The number of ether oxygens (including phenoxy) is 3. The molecule has 0 unspecified atom stereocenters. The zero-order valence-electron chi connectivity index (χ0n) is 52.6. The summed E-state index contributed by atoms with van der Waals surface area (Å²) < 4.78 is 18.7. The standard InChI is InChI=1S/C67H79N15O10/c1-6-68-62(86)61-75-74-60(54-40-53(43(3)4)55(83)41-56(54)84)82(61)52-19-8-45(9-20-52)42-76-26-28-77(29-27-76)58(85)39-46-10-21-57(44(5)38-46)92-67(89)81(7-2)51-22-24-78(25-23-51)63(87)48-13-17-50(18-14-48)70-66(88)69-49-15-11-47(12-16-49)59-71-64(79-30-34-90-35-31-79)73-65(72-59)80-32-36-91-37-33-80/h8-21,38,40-41,43,51,83-84H,6-7,22-37,39,42H2,1-5H3,(H,68,86)(H2,69,70,88). The van der Waals surface area contributed by atoms with Gasteiger partial charge in [0.15, 0.2) is 11.6 Å². The van der Waals surface area contributed by atoms with Gasteiger partial charge >= 0.3 is 12.1 Å². The lowest BCUT2D eigenvalue weighted by molar-refractivity contribution is -0.132. The lowest BCUT2D eigenvalue weighted by atomic mass is 9.98. The number of carbonyl (C=O) groups excluding carboxylic acids is 5. The van der Waals surface area contributed by atoms with Crippen molar-refractivity contribution in [3.8, 4) is 45.7 Å². The monoisotopic (exact) mass is 1250 g/mol. The van der Waals surface area contributed by atoms with Crippen LogP contribution in [0.4, 0.5) is 32.9 Å². The molecule has 482 valence electrons. The first kappa shape index (κ1) is 63.8. The van der Waals surface area contributed by atoms with Gasteiger partial charge < -0.3 is 64.9 Å².